The molecule has 0 aliphatic heterocycles. The largest absolute Gasteiger partial charge is 0.358 e. The molecule has 0 amide bonds. The monoisotopic (exact) mass is 398 g/mol. The van der Waals surface area contributed by atoms with Gasteiger partial charge in [0.2, 0.25) is 10.0 Å². The molecular formula is C19H18N4O2S2. The van der Waals surface area contributed by atoms with Gasteiger partial charge in [-0.05, 0) is 60.2 Å². The highest BCUT2D eigenvalue weighted by molar-refractivity contribution is 7.89. The predicted octanol–water partition coefficient (Wildman–Crippen LogP) is 2.94. The molecule has 0 spiro atoms. The van der Waals surface area contributed by atoms with Crippen LogP contribution in [0.5, 0.6) is 0 Å². The Balaban J connectivity index is 1.88. The van der Waals surface area contributed by atoms with E-state index in [0.29, 0.717) is 11.7 Å². The first kappa shape index (κ1) is 19.0. The van der Waals surface area contributed by atoms with Crippen LogP contribution in [0.4, 0.5) is 11.4 Å². The van der Waals surface area contributed by atoms with E-state index in [4.69, 9.17) is 17.4 Å². The summed E-state index contributed by atoms with van der Waals surface area (Å²) in [6.45, 7) is 0.519. The molecule has 3 rings (SSSR count). The number of hydrogen-bond donors (Lipinski definition) is 2. The second kappa shape index (κ2) is 8.26. The number of primary sulfonamides is 1. The molecule has 3 N–H and O–H groups in total. The number of para-hydroxylation sites is 1. The van der Waals surface area contributed by atoms with E-state index in [2.05, 4.69) is 10.3 Å². The first-order chi connectivity index (χ1) is 12.9. The van der Waals surface area contributed by atoms with E-state index in [9.17, 15) is 8.42 Å². The highest BCUT2D eigenvalue weighted by Gasteiger charge is 2.16. The van der Waals surface area contributed by atoms with Gasteiger partial charge in [0.25, 0.3) is 0 Å². The maximum atomic E-state index is 11.5. The van der Waals surface area contributed by atoms with Crippen molar-refractivity contribution in [1.29, 1.82) is 0 Å². The Morgan fingerprint density at radius 3 is 2.26 bits per heavy atom. The molecule has 0 aliphatic carbocycles. The summed E-state index contributed by atoms with van der Waals surface area (Å²) in [5.74, 6) is 0. The van der Waals surface area contributed by atoms with Crippen LogP contribution in [0.3, 0.4) is 0 Å². The number of rotatable bonds is 5. The molecule has 1 aromatic heterocycles. The molecule has 2 aromatic carbocycles. The maximum Gasteiger partial charge on any atom is 0.238 e. The van der Waals surface area contributed by atoms with Crippen LogP contribution in [0.25, 0.3) is 0 Å². The van der Waals surface area contributed by atoms with Gasteiger partial charge in [0.1, 0.15) is 0 Å². The van der Waals surface area contributed by atoms with Gasteiger partial charge in [-0.3, -0.25) is 9.88 Å². The van der Waals surface area contributed by atoms with Crippen molar-refractivity contribution in [2.75, 3.05) is 4.90 Å². The fourth-order valence-electron chi connectivity index (χ4n) is 2.50. The number of nitrogens with one attached hydrogen (secondary N) is 1. The highest BCUT2D eigenvalue weighted by Crippen LogP contribution is 2.26. The van der Waals surface area contributed by atoms with Gasteiger partial charge in [-0.15, -0.1) is 0 Å². The average molecular weight is 399 g/mol. The Labute approximate surface area is 163 Å². The molecule has 0 atom stereocenters. The first-order valence-electron chi connectivity index (χ1n) is 8.10. The summed E-state index contributed by atoms with van der Waals surface area (Å²) in [6, 6.07) is 19.7. The molecular weight excluding hydrogens is 380 g/mol. The zero-order valence-electron chi connectivity index (χ0n) is 14.3. The van der Waals surface area contributed by atoms with Gasteiger partial charge in [0.15, 0.2) is 5.11 Å². The van der Waals surface area contributed by atoms with Crippen LogP contribution in [-0.2, 0) is 16.6 Å². The van der Waals surface area contributed by atoms with E-state index in [-0.39, 0.29) is 4.90 Å². The van der Waals surface area contributed by atoms with E-state index in [1.54, 1.807) is 24.5 Å². The number of anilines is 2. The third-order valence-corrected chi connectivity index (χ3v) is 5.06. The zero-order chi connectivity index (χ0) is 19.3. The standard InChI is InChI=1S/C19H18N4O2S2/c20-27(24,25)18-10-8-17(9-11-18)23(16-6-2-1-3-7-16)19(26)22-14-15-5-4-12-21-13-15/h1-13H,14H2,(H,22,26)(H2,20,24,25). The number of hydrogen-bond acceptors (Lipinski definition) is 4. The average Bonchev–Trinajstić information content (AvgIpc) is 2.68. The molecule has 138 valence electrons. The molecule has 0 saturated carbocycles. The summed E-state index contributed by atoms with van der Waals surface area (Å²) >= 11 is 5.60. The van der Waals surface area contributed by atoms with Crippen molar-refractivity contribution >= 4 is 38.7 Å². The third kappa shape index (κ3) is 4.88. The van der Waals surface area contributed by atoms with Gasteiger partial charge in [-0.1, -0.05) is 24.3 Å². The van der Waals surface area contributed by atoms with Crippen molar-refractivity contribution in [2.45, 2.75) is 11.4 Å². The summed E-state index contributed by atoms with van der Waals surface area (Å²) in [6.07, 6.45) is 3.48. The van der Waals surface area contributed by atoms with Gasteiger partial charge in [0.05, 0.1) is 4.90 Å². The molecule has 27 heavy (non-hydrogen) atoms. The van der Waals surface area contributed by atoms with Crippen molar-refractivity contribution < 1.29 is 8.42 Å². The SMILES string of the molecule is NS(=O)(=O)c1ccc(N(C(=S)NCc2cccnc2)c2ccccc2)cc1. The number of aromatic nitrogens is 1. The fraction of sp³-hybridized carbons (Fsp3) is 0.0526. The minimum Gasteiger partial charge on any atom is -0.358 e. The lowest BCUT2D eigenvalue weighted by Crippen LogP contribution is -2.36. The minimum absolute atomic E-state index is 0.0495. The lowest BCUT2D eigenvalue weighted by Gasteiger charge is -2.26. The van der Waals surface area contributed by atoms with Crippen LogP contribution in [0.1, 0.15) is 5.56 Å². The summed E-state index contributed by atoms with van der Waals surface area (Å²) in [5.41, 5.74) is 2.57. The molecule has 0 unspecified atom stereocenters. The van der Waals surface area contributed by atoms with E-state index in [1.807, 2.05) is 47.4 Å². The van der Waals surface area contributed by atoms with Gasteiger partial charge in [-0.2, -0.15) is 0 Å². The molecule has 8 heteroatoms. The fourth-order valence-corrected chi connectivity index (χ4v) is 3.30. The second-order valence-electron chi connectivity index (χ2n) is 5.73. The van der Waals surface area contributed by atoms with Crippen LogP contribution in [0.2, 0.25) is 0 Å². The second-order valence-corrected chi connectivity index (χ2v) is 7.68. The normalized spacial score (nSPS) is 11.0. The Morgan fingerprint density at radius 2 is 1.67 bits per heavy atom. The summed E-state index contributed by atoms with van der Waals surface area (Å²) in [5, 5.41) is 8.88. The number of thiocarbonyl (C=S) groups is 1. The lowest BCUT2D eigenvalue weighted by atomic mass is 10.2. The summed E-state index contributed by atoms with van der Waals surface area (Å²) in [7, 11) is -3.75. The van der Waals surface area contributed by atoms with Gasteiger partial charge in [-0.25, -0.2) is 13.6 Å². The highest BCUT2D eigenvalue weighted by atomic mass is 32.2. The molecule has 0 saturated heterocycles. The van der Waals surface area contributed by atoms with Crippen molar-refractivity contribution in [3.63, 3.8) is 0 Å². The Hall–Kier alpha value is -2.81. The Bertz CT molecular complexity index is 1010. The number of pyridine rings is 1. The number of nitrogens with zero attached hydrogens (tertiary/aromatic N) is 2. The van der Waals surface area contributed by atoms with Gasteiger partial charge in [0, 0.05) is 30.3 Å². The molecule has 0 radical (unpaired) electrons. The van der Waals surface area contributed by atoms with Crippen LogP contribution >= 0.6 is 12.2 Å². The van der Waals surface area contributed by atoms with E-state index >= 15 is 0 Å². The minimum atomic E-state index is -3.75. The quantitative estimate of drug-likeness (QED) is 0.643. The third-order valence-electron chi connectivity index (χ3n) is 3.81. The van der Waals surface area contributed by atoms with Crippen LogP contribution in [-0.4, -0.2) is 18.5 Å². The van der Waals surface area contributed by atoms with Crippen molar-refractivity contribution in [2.24, 2.45) is 5.14 Å². The van der Waals surface area contributed by atoms with Crippen LogP contribution < -0.4 is 15.4 Å². The van der Waals surface area contributed by atoms with E-state index in [1.165, 1.54) is 12.1 Å². The molecule has 0 aliphatic rings. The number of nitrogens with two attached hydrogens (primary N) is 1. The zero-order valence-corrected chi connectivity index (χ0v) is 16.0. The van der Waals surface area contributed by atoms with Crippen LogP contribution in [0.15, 0.2) is 84.0 Å². The number of sulfonamides is 1. The van der Waals surface area contributed by atoms with Crippen LogP contribution in [0, 0.1) is 0 Å². The molecule has 0 fully saturated rings. The van der Waals surface area contributed by atoms with Crippen molar-refractivity contribution in [3.05, 3.63) is 84.7 Å². The maximum absolute atomic E-state index is 11.5. The number of benzene rings is 2. The van der Waals surface area contributed by atoms with E-state index in [0.717, 1.165) is 16.9 Å². The topological polar surface area (TPSA) is 88.3 Å². The predicted molar refractivity (Wildman–Crippen MR) is 110 cm³/mol. The van der Waals surface area contributed by atoms with E-state index < -0.39 is 10.0 Å². The Kier molecular flexibility index (Phi) is 5.80. The smallest absolute Gasteiger partial charge is 0.238 e. The lowest BCUT2D eigenvalue weighted by molar-refractivity contribution is 0.598. The van der Waals surface area contributed by atoms with Gasteiger partial charge >= 0.3 is 0 Å². The van der Waals surface area contributed by atoms with Gasteiger partial charge < -0.3 is 5.32 Å². The summed E-state index contributed by atoms with van der Waals surface area (Å²) < 4.78 is 23.0. The first-order valence-corrected chi connectivity index (χ1v) is 10.1. The molecule has 0 bridgehead atoms. The molecule has 1 heterocycles. The van der Waals surface area contributed by atoms with Crippen molar-refractivity contribution in [1.82, 2.24) is 10.3 Å². The summed E-state index contributed by atoms with van der Waals surface area (Å²) in [4.78, 5) is 5.97. The Morgan fingerprint density at radius 1 is 1.00 bits per heavy atom. The molecule has 6 nitrogen and oxygen atoms in total. The molecule has 3 aromatic rings. The van der Waals surface area contributed by atoms with Crippen molar-refractivity contribution in [3.8, 4) is 0 Å².